The second kappa shape index (κ2) is 10.4. The first-order valence-corrected chi connectivity index (χ1v) is 10.8. The molecule has 158 valence electrons. The van der Waals surface area contributed by atoms with Crippen LogP contribution in [0.4, 0.5) is 5.82 Å². The number of piperidine rings is 1. The highest BCUT2D eigenvalue weighted by molar-refractivity contribution is 7.99. The van der Waals surface area contributed by atoms with Gasteiger partial charge in [-0.15, -0.1) is 11.8 Å². The fourth-order valence-electron chi connectivity index (χ4n) is 3.50. The van der Waals surface area contributed by atoms with E-state index in [0.29, 0.717) is 36.1 Å². The molecule has 0 unspecified atom stereocenters. The molecule has 2 aliphatic heterocycles. The number of nitriles is 2. The summed E-state index contributed by atoms with van der Waals surface area (Å²) in [4.78, 5) is 32.3. The average Bonchev–Trinajstić information content (AvgIpc) is 3.24. The summed E-state index contributed by atoms with van der Waals surface area (Å²) in [6.07, 6.45) is 2.92. The molecule has 3 rings (SSSR count). The Morgan fingerprint density at radius 2 is 2.10 bits per heavy atom. The van der Waals surface area contributed by atoms with Gasteiger partial charge in [-0.1, -0.05) is 0 Å². The van der Waals surface area contributed by atoms with Gasteiger partial charge in [-0.25, -0.2) is 9.99 Å². The number of carbonyl (C=O) groups is 2. The van der Waals surface area contributed by atoms with Gasteiger partial charge in [0.1, 0.15) is 17.9 Å². The van der Waals surface area contributed by atoms with Gasteiger partial charge in [-0.2, -0.15) is 10.5 Å². The van der Waals surface area contributed by atoms with Crippen LogP contribution in [0.3, 0.4) is 0 Å². The van der Waals surface area contributed by atoms with Gasteiger partial charge in [0.15, 0.2) is 0 Å². The number of hydrogen-bond acceptors (Lipinski definition) is 9. The van der Waals surface area contributed by atoms with E-state index >= 15 is 0 Å². The van der Waals surface area contributed by atoms with Gasteiger partial charge in [0.2, 0.25) is 11.8 Å². The Labute approximate surface area is 179 Å². The number of hydrazine groups is 1. The van der Waals surface area contributed by atoms with Crippen molar-refractivity contribution in [2.75, 3.05) is 43.1 Å². The van der Waals surface area contributed by atoms with E-state index in [9.17, 15) is 9.59 Å². The van der Waals surface area contributed by atoms with E-state index < -0.39 is 0 Å². The molecule has 2 aliphatic rings. The van der Waals surface area contributed by atoms with E-state index in [2.05, 4.69) is 16.4 Å². The number of hydrogen-bond donors (Lipinski definition) is 2. The lowest BCUT2D eigenvalue weighted by atomic mass is 10.0. The lowest BCUT2D eigenvalue weighted by Gasteiger charge is -2.36. The second-order valence-electron chi connectivity index (χ2n) is 7.28. The molecule has 10 nitrogen and oxygen atoms in total. The summed E-state index contributed by atoms with van der Waals surface area (Å²) >= 11 is 1.57. The standard InChI is InChI=1S/C19H24N8O2S/c20-7-14-1-2-17(23-9-14)24-18(28)10-25-5-3-15(4-6-25)27(22)11-19(29)26-13-30-12-16(26)8-21/h1-2,9,15-16H,3-6,10-13,22H2,(H,23,24,28)/t16-/m1/s1. The quantitative estimate of drug-likeness (QED) is 0.471. The number of nitrogens with zero attached hydrogens (tertiary/aromatic N) is 6. The number of carbonyl (C=O) groups excluding carboxylic acids is 2. The highest BCUT2D eigenvalue weighted by Gasteiger charge is 2.31. The first-order chi connectivity index (χ1) is 14.5. The largest absolute Gasteiger partial charge is 0.315 e. The molecule has 3 N–H and O–H groups in total. The van der Waals surface area contributed by atoms with Crippen LogP contribution in [-0.4, -0.2) is 81.5 Å². The minimum atomic E-state index is -0.373. The van der Waals surface area contributed by atoms with Gasteiger partial charge in [0.25, 0.3) is 0 Å². The third kappa shape index (κ3) is 5.68. The summed E-state index contributed by atoms with van der Waals surface area (Å²) in [5.41, 5.74) is 0.437. The highest BCUT2D eigenvalue weighted by atomic mass is 32.2. The molecule has 1 aromatic rings. The maximum absolute atomic E-state index is 12.4. The maximum atomic E-state index is 12.4. The summed E-state index contributed by atoms with van der Waals surface area (Å²) in [5.74, 6) is 7.45. The van der Waals surface area contributed by atoms with Gasteiger partial charge in [-0.05, 0) is 25.0 Å². The van der Waals surface area contributed by atoms with Gasteiger partial charge in [-0.3, -0.25) is 20.3 Å². The van der Waals surface area contributed by atoms with Gasteiger partial charge in [0, 0.05) is 31.1 Å². The molecule has 0 bridgehead atoms. The molecule has 0 aromatic carbocycles. The Kier molecular flexibility index (Phi) is 7.60. The predicted molar refractivity (Wildman–Crippen MR) is 112 cm³/mol. The average molecular weight is 429 g/mol. The Hall–Kier alpha value is -2.70. The molecule has 0 radical (unpaired) electrons. The van der Waals surface area contributed by atoms with E-state index in [4.69, 9.17) is 16.4 Å². The van der Waals surface area contributed by atoms with Gasteiger partial charge < -0.3 is 10.2 Å². The number of amides is 2. The molecule has 2 fully saturated rings. The molecular formula is C19H24N8O2S. The van der Waals surface area contributed by atoms with Crippen molar-refractivity contribution in [2.45, 2.75) is 24.9 Å². The zero-order valence-corrected chi connectivity index (χ0v) is 17.3. The normalized spacial score (nSPS) is 20.0. The minimum absolute atomic E-state index is 0.0595. The van der Waals surface area contributed by atoms with Crippen LogP contribution in [-0.2, 0) is 9.59 Å². The van der Waals surface area contributed by atoms with Crippen molar-refractivity contribution >= 4 is 29.4 Å². The molecule has 0 saturated carbocycles. The van der Waals surface area contributed by atoms with Crippen LogP contribution in [0.1, 0.15) is 18.4 Å². The van der Waals surface area contributed by atoms with Crippen molar-refractivity contribution < 1.29 is 9.59 Å². The number of pyridine rings is 1. The molecule has 3 heterocycles. The van der Waals surface area contributed by atoms with Crippen LogP contribution in [0.5, 0.6) is 0 Å². The molecule has 1 atom stereocenters. The molecule has 11 heteroatoms. The lowest BCUT2D eigenvalue weighted by Crippen LogP contribution is -2.53. The van der Waals surface area contributed by atoms with Crippen molar-refractivity contribution in [2.24, 2.45) is 5.84 Å². The van der Waals surface area contributed by atoms with Crippen LogP contribution in [0.25, 0.3) is 0 Å². The topological polar surface area (TPSA) is 142 Å². The summed E-state index contributed by atoms with van der Waals surface area (Å²) < 4.78 is 0. The SMILES string of the molecule is N#Cc1ccc(NC(=O)CN2CCC(N(N)CC(=O)N3CSC[C@H]3C#N)CC2)nc1. The van der Waals surface area contributed by atoms with Crippen molar-refractivity contribution in [3.8, 4) is 12.1 Å². The molecule has 1 aromatic heterocycles. The van der Waals surface area contributed by atoms with E-state index in [1.807, 2.05) is 11.0 Å². The summed E-state index contributed by atoms with van der Waals surface area (Å²) in [6, 6.07) is 7.03. The zero-order chi connectivity index (χ0) is 21.5. The number of anilines is 1. The highest BCUT2D eigenvalue weighted by Crippen LogP contribution is 2.21. The van der Waals surface area contributed by atoms with Crippen LogP contribution in [0.15, 0.2) is 18.3 Å². The molecule has 0 aliphatic carbocycles. The Balaban J connectivity index is 1.40. The third-order valence-corrected chi connectivity index (χ3v) is 6.24. The summed E-state index contributed by atoms with van der Waals surface area (Å²) in [5, 5.41) is 22.2. The van der Waals surface area contributed by atoms with E-state index in [0.717, 1.165) is 12.8 Å². The third-order valence-electron chi connectivity index (χ3n) is 5.22. The Bertz CT molecular complexity index is 842. The summed E-state index contributed by atoms with van der Waals surface area (Å²) in [6.45, 7) is 1.73. The van der Waals surface area contributed by atoms with Crippen molar-refractivity contribution in [1.29, 1.82) is 10.5 Å². The fourth-order valence-corrected chi connectivity index (χ4v) is 4.60. The molecular weight excluding hydrogens is 404 g/mol. The smallest absolute Gasteiger partial charge is 0.239 e. The number of nitrogens with two attached hydrogens (primary N) is 1. The lowest BCUT2D eigenvalue weighted by molar-refractivity contribution is -0.132. The number of nitrogens with one attached hydrogen (secondary N) is 1. The van der Waals surface area contributed by atoms with Crippen molar-refractivity contribution in [1.82, 2.24) is 19.8 Å². The number of aromatic nitrogens is 1. The van der Waals surface area contributed by atoms with Crippen molar-refractivity contribution in [3.63, 3.8) is 0 Å². The first-order valence-electron chi connectivity index (χ1n) is 9.66. The van der Waals surface area contributed by atoms with Crippen molar-refractivity contribution in [3.05, 3.63) is 23.9 Å². The molecule has 2 amide bonds. The Morgan fingerprint density at radius 1 is 1.33 bits per heavy atom. The molecule has 30 heavy (non-hydrogen) atoms. The van der Waals surface area contributed by atoms with Gasteiger partial charge >= 0.3 is 0 Å². The molecule has 0 spiro atoms. The first kappa shape index (κ1) is 22.0. The van der Waals surface area contributed by atoms with Crippen LogP contribution in [0.2, 0.25) is 0 Å². The Morgan fingerprint density at radius 3 is 2.73 bits per heavy atom. The van der Waals surface area contributed by atoms with Crippen LogP contribution in [0, 0.1) is 22.7 Å². The van der Waals surface area contributed by atoms with Crippen LogP contribution < -0.4 is 11.2 Å². The minimum Gasteiger partial charge on any atom is -0.315 e. The van der Waals surface area contributed by atoms with E-state index in [1.165, 1.54) is 6.20 Å². The summed E-state index contributed by atoms with van der Waals surface area (Å²) in [7, 11) is 0. The number of likely N-dealkylation sites (tertiary alicyclic amines) is 1. The number of rotatable bonds is 6. The van der Waals surface area contributed by atoms with E-state index in [-0.39, 0.29) is 37.0 Å². The van der Waals surface area contributed by atoms with Crippen LogP contribution >= 0.6 is 11.8 Å². The zero-order valence-electron chi connectivity index (χ0n) is 16.5. The fraction of sp³-hybridized carbons (Fsp3) is 0.526. The van der Waals surface area contributed by atoms with E-state index in [1.54, 1.807) is 33.8 Å². The predicted octanol–water partition coefficient (Wildman–Crippen LogP) is -0.0430. The number of thioether (sulfide) groups is 1. The molecule has 2 saturated heterocycles. The van der Waals surface area contributed by atoms with Gasteiger partial charge in [0.05, 0.1) is 30.6 Å². The second-order valence-corrected chi connectivity index (χ2v) is 8.28. The monoisotopic (exact) mass is 428 g/mol. The maximum Gasteiger partial charge on any atom is 0.239 e.